The highest BCUT2D eigenvalue weighted by Crippen LogP contribution is 2.34. The second-order valence-corrected chi connectivity index (χ2v) is 5.86. The van der Waals surface area contributed by atoms with Crippen LogP contribution >= 0.6 is 0 Å². The molecule has 0 saturated carbocycles. The largest absolute Gasteiger partial charge is 0.438 e. The first-order valence-electron chi connectivity index (χ1n) is 7.82. The van der Waals surface area contributed by atoms with Crippen molar-refractivity contribution >= 4 is 5.82 Å². The maximum atomic E-state index is 13.8. The Morgan fingerprint density at radius 3 is 2.60 bits per heavy atom. The van der Waals surface area contributed by atoms with Crippen LogP contribution in [0.4, 0.5) is 10.2 Å². The van der Waals surface area contributed by atoms with Gasteiger partial charge < -0.3 is 15.4 Å². The van der Waals surface area contributed by atoms with Crippen LogP contribution in [0.1, 0.15) is 5.56 Å². The van der Waals surface area contributed by atoms with Gasteiger partial charge in [0.1, 0.15) is 11.6 Å². The molecule has 2 aromatic heterocycles. The lowest BCUT2D eigenvalue weighted by Gasteiger charge is -2.11. The smallest absolute Gasteiger partial charge is 0.219 e. The molecule has 25 heavy (non-hydrogen) atoms. The summed E-state index contributed by atoms with van der Waals surface area (Å²) in [6, 6.07) is 9.91. The van der Waals surface area contributed by atoms with Gasteiger partial charge in [-0.15, -0.1) is 0 Å². The topological polar surface area (TPSA) is 69.2 Å². The molecule has 0 saturated heterocycles. The van der Waals surface area contributed by atoms with Crippen molar-refractivity contribution in [3.8, 4) is 22.9 Å². The highest BCUT2D eigenvalue weighted by Gasteiger charge is 2.14. The molecule has 0 atom stereocenters. The predicted octanol–water partition coefficient (Wildman–Crippen LogP) is 2.94. The van der Waals surface area contributed by atoms with Crippen molar-refractivity contribution in [2.75, 3.05) is 19.0 Å². The molecule has 130 valence electrons. The minimum Gasteiger partial charge on any atom is -0.438 e. The summed E-state index contributed by atoms with van der Waals surface area (Å²) in [7, 11) is 5.56. The van der Waals surface area contributed by atoms with Gasteiger partial charge in [-0.2, -0.15) is 5.10 Å². The van der Waals surface area contributed by atoms with Crippen LogP contribution < -0.4 is 15.4 Å². The zero-order valence-corrected chi connectivity index (χ0v) is 14.4. The molecular weight excluding hydrogens is 321 g/mol. The quantitative estimate of drug-likeness (QED) is 0.773. The van der Waals surface area contributed by atoms with Crippen LogP contribution in [0.2, 0.25) is 0 Å². The summed E-state index contributed by atoms with van der Waals surface area (Å²) in [5.41, 5.74) is 7.91. The second-order valence-electron chi connectivity index (χ2n) is 5.86. The van der Waals surface area contributed by atoms with Gasteiger partial charge in [0.25, 0.3) is 0 Å². The second kappa shape index (κ2) is 6.90. The molecule has 0 spiro atoms. The van der Waals surface area contributed by atoms with E-state index in [0.717, 1.165) is 11.4 Å². The van der Waals surface area contributed by atoms with Crippen molar-refractivity contribution in [2.24, 2.45) is 12.8 Å². The van der Waals surface area contributed by atoms with E-state index in [9.17, 15) is 4.39 Å². The monoisotopic (exact) mass is 341 g/mol. The number of benzene rings is 1. The highest BCUT2D eigenvalue weighted by molar-refractivity contribution is 5.67. The number of aryl methyl sites for hydroxylation is 1. The minimum atomic E-state index is -0.382. The van der Waals surface area contributed by atoms with Gasteiger partial charge in [-0.25, -0.2) is 9.07 Å². The summed E-state index contributed by atoms with van der Waals surface area (Å²) >= 11 is 0. The molecule has 0 fully saturated rings. The third kappa shape index (κ3) is 3.61. The van der Waals surface area contributed by atoms with Crippen LogP contribution in [-0.4, -0.2) is 28.9 Å². The van der Waals surface area contributed by atoms with Crippen molar-refractivity contribution in [2.45, 2.75) is 6.54 Å². The molecule has 3 aromatic rings. The van der Waals surface area contributed by atoms with E-state index in [0.29, 0.717) is 29.4 Å². The number of hydrogen-bond acceptors (Lipinski definition) is 5. The maximum absolute atomic E-state index is 13.8. The molecule has 1 aromatic carbocycles. The van der Waals surface area contributed by atoms with E-state index in [1.165, 1.54) is 12.1 Å². The fourth-order valence-electron chi connectivity index (χ4n) is 2.36. The van der Waals surface area contributed by atoms with Crippen molar-refractivity contribution < 1.29 is 9.13 Å². The van der Waals surface area contributed by atoms with Crippen molar-refractivity contribution in [1.82, 2.24) is 14.8 Å². The number of hydrogen-bond donors (Lipinski definition) is 1. The molecular formula is C18H20FN5O. The molecule has 0 bridgehead atoms. The molecule has 0 aliphatic heterocycles. The molecule has 7 heteroatoms. The van der Waals surface area contributed by atoms with Gasteiger partial charge in [0.2, 0.25) is 5.88 Å². The molecule has 3 rings (SSSR count). The van der Waals surface area contributed by atoms with Gasteiger partial charge in [0.15, 0.2) is 5.82 Å². The van der Waals surface area contributed by atoms with E-state index < -0.39 is 0 Å². The van der Waals surface area contributed by atoms with E-state index in [1.54, 1.807) is 30.1 Å². The van der Waals surface area contributed by atoms with Crippen LogP contribution in [0.15, 0.2) is 42.6 Å². The van der Waals surface area contributed by atoms with E-state index in [-0.39, 0.29) is 5.82 Å². The molecule has 0 amide bonds. The summed E-state index contributed by atoms with van der Waals surface area (Å²) in [6.45, 7) is 0.419. The third-order valence-corrected chi connectivity index (χ3v) is 3.78. The van der Waals surface area contributed by atoms with Gasteiger partial charge in [-0.1, -0.05) is 6.07 Å². The predicted molar refractivity (Wildman–Crippen MR) is 95.1 cm³/mol. The van der Waals surface area contributed by atoms with E-state index in [1.807, 2.05) is 31.1 Å². The van der Waals surface area contributed by atoms with E-state index >= 15 is 0 Å². The number of nitrogens with zero attached hydrogens (tertiary/aromatic N) is 4. The first-order chi connectivity index (χ1) is 12.0. The molecule has 0 radical (unpaired) electrons. The van der Waals surface area contributed by atoms with Crippen molar-refractivity contribution in [3.05, 3.63) is 54.0 Å². The van der Waals surface area contributed by atoms with Crippen LogP contribution in [0.25, 0.3) is 11.3 Å². The van der Waals surface area contributed by atoms with E-state index in [4.69, 9.17) is 10.5 Å². The van der Waals surface area contributed by atoms with Gasteiger partial charge in [0.05, 0.1) is 5.69 Å². The van der Waals surface area contributed by atoms with Gasteiger partial charge >= 0.3 is 0 Å². The van der Waals surface area contributed by atoms with Crippen LogP contribution in [-0.2, 0) is 13.6 Å². The Morgan fingerprint density at radius 1 is 1.20 bits per heavy atom. The Morgan fingerprint density at radius 2 is 2.00 bits per heavy atom. The molecule has 2 heterocycles. The van der Waals surface area contributed by atoms with Crippen LogP contribution in [0, 0.1) is 5.82 Å². The average Bonchev–Trinajstić information content (AvgIpc) is 2.96. The number of rotatable bonds is 5. The number of ether oxygens (including phenoxy) is 1. The average molecular weight is 341 g/mol. The lowest BCUT2D eigenvalue weighted by atomic mass is 10.1. The molecule has 6 nitrogen and oxygen atoms in total. The lowest BCUT2D eigenvalue weighted by Crippen LogP contribution is -2.09. The summed E-state index contributed by atoms with van der Waals surface area (Å²) in [5.74, 6) is 1.25. The zero-order valence-electron chi connectivity index (χ0n) is 14.4. The van der Waals surface area contributed by atoms with Crippen molar-refractivity contribution in [1.29, 1.82) is 0 Å². The van der Waals surface area contributed by atoms with Crippen LogP contribution in [0.3, 0.4) is 0 Å². The first kappa shape index (κ1) is 16.9. The summed E-state index contributed by atoms with van der Waals surface area (Å²) in [6.07, 6.45) is 1.71. The van der Waals surface area contributed by atoms with E-state index in [2.05, 4.69) is 10.1 Å². The number of nitrogens with two attached hydrogens (primary N) is 1. The highest BCUT2D eigenvalue weighted by atomic mass is 19.1. The fourth-order valence-corrected chi connectivity index (χ4v) is 2.36. The SMILES string of the molecule is CN(C)c1cc(Oc2cc(F)ccc2-c2ccc(CN)cn2)n(C)n1. The Kier molecular flexibility index (Phi) is 4.67. The summed E-state index contributed by atoms with van der Waals surface area (Å²) in [5, 5.41) is 4.35. The van der Waals surface area contributed by atoms with Crippen LogP contribution in [0.5, 0.6) is 11.6 Å². The minimum absolute atomic E-state index is 0.376. The maximum Gasteiger partial charge on any atom is 0.219 e. The summed E-state index contributed by atoms with van der Waals surface area (Å²) in [4.78, 5) is 6.26. The molecule has 0 unspecified atom stereocenters. The molecule has 0 aliphatic carbocycles. The Balaban J connectivity index is 1.99. The molecule has 0 aliphatic rings. The fraction of sp³-hybridized carbons (Fsp3) is 0.222. The lowest BCUT2D eigenvalue weighted by molar-refractivity contribution is 0.429. The number of aromatic nitrogens is 3. The standard InChI is InChI=1S/C18H20FN5O/c1-23(2)17-9-18(24(3)22-17)25-16-8-13(19)5-6-14(16)15-7-4-12(10-20)11-21-15/h4-9,11H,10,20H2,1-3H3. The number of anilines is 1. The zero-order chi connectivity index (χ0) is 18.0. The summed E-state index contributed by atoms with van der Waals surface area (Å²) < 4.78 is 21.3. The first-order valence-corrected chi connectivity index (χ1v) is 7.82. The number of halogens is 1. The van der Waals surface area contributed by atoms with Gasteiger partial charge in [0, 0.05) is 51.6 Å². The third-order valence-electron chi connectivity index (χ3n) is 3.78. The van der Waals surface area contributed by atoms with Gasteiger partial charge in [-0.3, -0.25) is 4.98 Å². The number of pyridine rings is 1. The molecule has 2 N–H and O–H groups in total. The Labute approximate surface area is 145 Å². The Bertz CT molecular complexity index is 874. The normalized spacial score (nSPS) is 10.8. The van der Waals surface area contributed by atoms with Gasteiger partial charge in [-0.05, 0) is 23.8 Å². The Hall–Kier alpha value is -2.93. The van der Waals surface area contributed by atoms with Crippen molar-refractivity contribution in [3.63, 3.8) is 0 Å².